The largest absolute Gasteiger partial charge is 0.378 e. The van der Waals surface area contributed by atoms with Gasteiger partial charge in [-0.2, -0.15) is 0 Å². The number of nitrogens with one attached hydrogen (secondary N) is 1. The van der Waals surface area contributed by atoms with E-state index in [-0.39, 0.29) is 5.92 Å². The molecule has 0 aromatic heterocycles. The Balaban J connectivity index is 2.16. The molecule has 7 heteroatoms. The topological polar surface area (TPSA) is 41.6 Å². The van der Waals surface area contributed by atoms with E-state index in [0.717, 1.165) is 11.4 Å². The highest BCUT2D eigenvalue weighted by atomic mass is 35.5. The Kier molecular flexibility index (Phi) is 8.30. The number of para-hydroxylation sites is 1. The minimum atomic E-state index is -3.47. The molecule has 0 aliphatic rings. The molecule has 170 valence electrons. The molecule has 2 atom stereocenters. The van der Waals surface area contributed by atoms with Crippen LogP contribution in [0.4, 0.5) is 11.4 Å². The lowest BCUT2D eigenvalue weighted by atomic mass is 10.2. The highest BCUT2D eigenvalue weighted by molar-refractivity contribution is 7.67. The summed E-state index contributed by atoms with van der Waals surface area (Å²) in [5, 5.41) is 5.01. The van der Waals surface area contributed by atoms with E-state index in [2.05, 4.69) is 5.32 Å². The molecule has 0 saturated carbocycles. The third-order valence-corrected chi connectivity index (χ3v) is 8.20. The van der Waals surface area contributed by atoms with Gasteiger partial charge in [-0.25, -0.2) is 0 Å². The highest BCUT2D eigenvalue weighted by Gasteiger charge is 2.39. The van der Waals surface area contributed by atoms with Gasteiger partial charge in [0.2, 0.25) is 0 Å². The van der Waals surface area contributed by atoms with Gasteiger partial charge in [0.05, 0.1) is 6.61 Å². The van der Waals surface area contributed by atoms with Crippen molar-refractivity contribution in [2.75, 3.05) is 30.9 Å². The first-order chi connectivity index (χ1) is 15.2. The number of benzene rings is 3. The normalized spacial score (nSPS) is 14.1. The van der Waals surface area contributed by atoms with Crippen molar-refractivity contribution < 1.29 is 9.09 Å². The second-order valence-corrected chi connectivity index (χ2v) is 11.6. The van der Waals surface area contributed by atoms with Crippen LogP contribution in [0.25, 0.3) is 0 Å². The molecule has 4 nitrogen and oxygen atoms in total. The maximum absolute atomic E-state index is 14.8. The van der Waals surface area contributed by atoms with Gasteiger partial charge < -0.3 is 14.7 Å². The summed E-state index contributed by atoms with van der Waals surface area (Å²) in [5.74, 6) is -0.485. The van der Waals surface area contributed by atoms with Crippen LogP contribution in [-0.4, -0.2) is 20.7 Å². The molecule has 0 amide bonds. The molecule has 0 fully saturated rings. The van der Waals surface area contributed by atoms with Crippen LogP contribution in [0.2, 0.25) is 10.0 Å². The zero-order valence-electron chi connectivity index (χ0n) is 18.8. The van der Waals surface area contributed by atoms with Gasteiger partial charge >= 0.3 is 0 Å². The fraction of sp³-hybridized carbons (Fsp3) is 0.280. The average molecular weight is 491 g/mol. The molecule has 3 aromatic carbocycles. The summed E-state index contributed by atoms with van der Waals surface area (Å²) < 4.78 is 21.0. The molecule has 32 heavy (non-hydrogen) atoms. The van der Waals surface area contributed by atoms with Crippen molar-refractivity contribution >= 4 is 47.3 Å². The first-order valence-electron chi connectivity index (χ1n) is 10.5. The van der Waals surface area contributed by atoms with Crippen molar-refractivity contribution in [1.29, 1.82) is 0 Å². The van der Waals surface area contributed by atoms with Gasteiger partial charge in [-0.15, -0.1) is 0 Å². The van der Waals surface area contributed by atoms with E-state index in [1.165, 1.54) is 0 Å². The minimum Gasteiger partial charge on any atom is -0.378 e. The van der Waals surface area contributed by atoms with Gasteiger partial charge in [0, 0.05) is 46.4 Å². The Labute approximate surface area is 201 Å². The van der Waals surface area contributed by atoms with Gasteiger partial charge in [-0.05, 0) is 54.4 Å². The van der Waals surface area contributed by atoms with Crippen molar-refractivity contribution in [3.8, 4) is 0 Å². The number of rotatable bonds is 9. The maximum atomic E-state index is 14.8. The van der Waals surface area contributed by atoms with Gasteiger partial charge in [0.15, 0.2) is 0 Å². The van der Waals surface area contributed by atoms with E-state index < -0.39 is 13.2 Å². The zero-order chi connectivity index (χ0) is 23.3. The lowest BCUT2D eigenvalue weighted by Gasteiger charge is -2.31. The predicted octanol–water partition coefficient (Wildman–Crippen LogP) is 7.45. The van der Waals surface area contributed by atoms with E-state index >= 15 is 0 Å². The molecule has 2 unspecified atom stereocenters. The van der Waals surface area contributed by atoms with Crippen LogP contribution in [0, 0.1) is 5.92 Å². The molecule has 0 radical (unpaired) electrons. The minimum absolute atomic E-state index is 0.211. The van der Waals surface area contributed by atoms with E-state index in [4.69, 9.17) is 27.7 Å². The Bertz CT molecular complexity index is 1070. The Morgan fingerprint density at radius 2 is 1.62 bits per heavy atom. The molecule has 0 aliphatic carbocycles. The smallest absolute Gasteiger partial charge is 0.258 e. The summed E-state index contributed by atoms with van der Waals surface area (Å²) in [6.45, 7) is 4.42. The third-order valence-electron chi connectivity index (χ3n) is 5.00. The fourth-order valence-corrected chi connectivity index (χ4v) is 6.46. The SMILES string of the molecule is CC(C)COP(=O)(c1ccc(N(C)C)cc1)C(Nc1ccccc1)c1ccc(Cl)cc1Cl. The molecule has 0 spiro atoms. The van der Waals surface area contributed by atoms with Crippen LogP contribution in [0.15, 0.2) is 72.8 Å². The number of hydrogen-bond donors (Lipinski definition) is 1. The summed E-state index contributed by atoms with van der Waals surface area (Å²) in [7, 11) is 0.466. The summed E-state index contributed by atoms with van der Waals surface area (Å²) in [4.78, 5) is 2.00. The van der Waals surface area contributed by atoms with Crippen LogP contribution < -0.4 is 15.5 Å². The fourth-order valence-electron chi connectivity index (χ4n) is 3.28. The average Bonchev–Trinajstić information content (AvgIpc) is 2.77. The third kappa shape index (κ3) is 5.88. The first-order valence-corrected chi connectivity index (χ1v) is 12.9. The summed E-state index contributed by atoms with van der Waals surface area (Å²) in [6.07, 6.45) is 0. The molecular formula is C25H29Cl2N2O2P. The van der Waals surface area contributed by atoms with Gasteiger partial charge in [-0.1, -0.05) is 61.3 Å². The predicted molar refractivity (Wildman–Crippen MR) is 138 cm³/mol. The summed E-state index contributed by atoms with van der Waals surface area (Å²) in [5.41, 5.74) is 2.51. The monoisotopic (exact) mass is 490 g/mol. The number of nitrogens with zero attached hydrogens (tertiary/aromatic N) is 1. The van der Waals surface area contributed by atoms with Crippen molar-refractivity contribution in [3.05, 3.63) is 88.4 Å². The zero-order valence-corrected chi connectivity index (χ0v) is 21.2. The lowest BCUT2D eigenvalue weighted by molar-refractivity contribution is 0.272. The van der Waals surface area contributed by atoms with Crippen molar-refractivity contribution in [1.82, 2.24) is 0 Å². The molecular weight excluding hydrogens is 462 g/mol. The second kappa shape index (κ2) is 10.8. The second-order valence-electron chi connectivity index (χ2n) is 8.28. The van der Waals surface area contributed by atoms with Crippen LogP contribution in [0.3, 0.4) is 0 Å². The molecule has 0 heterocycles. The Morgan fingerprint density at radius 1 is 0.969 bits per heavy atom. The van der Waals surface area contributed by atoms with Crippen molar-refractivity contribution in [3.63, 3.8) is 0 Å². The maximum Gasteiger partial charge on any atom is 0.258 e. The van der Waals surface area contributed by atoms with E-state index in [9.17, 15) is 4.57 Å². The van der Waals surface area contributed by atoms with E-state index in [1.54, 1.807) is 12.1 Å². The van der Waals surface area contributed by atoms with E-state index in [1.807, 2.05) is 93.5 Å². The Hall–Kier alpha value is -1.97. The summed E-state index contributed by atoms with van der Waals surface area (Å²) in [6, 6.07) is 22.5. The lowest BCUT2D eigenvalue weighted by Crippen LogP contribution is -2.22. The number of anilines is 2. The quantitative estimate of drug-likeness (QED) is 0.316. The number of hydrogen-bond acceptors (Lipinski definition) is 4. The van der Waals surface area contributed by atoms with Gasteiger partial charge in [0.25, 0.3) is 7.37 Å². The molecule has 0 bridgehead atoms. The standard InChI is InChI=1S/C25H29Cl2N2O2P/c1-18(2)17-31-32(30,22-13-11-21(12-14-22)29(3)4)25(28-20-8-6-5-7-9-20)23-15-10-19(26)16-24(23)27/h5-16,18,25,28H,17H2,1-4H3. The van der Waals surface area contributed by atoms with E-state index in [0.29, 0.717) is 27.5 Å². The molecule has 3 aromatic rings. The molecule has 0 aliphatic heterocycles. The van der Waals surface area contributed by atoms with Crippen LogP contribution >= 0.6 is 30.6 Å². The molecule has 1 N–H and O–H groups in total. The Morgan fingerprint density at radius 3 is 2.19 bits per heavy atom. The van der Waals surface area contributed by atoms with Crippen molar-refractivity contribution in [2.24, 2.45) is 5.92 Å². The number of halogens is 2. The molecule has 0 saturated heterocycles. The first kappa shape index (κ1) is 24.7. The van der Waals surface area contributed by atoms with Crippen LogP contribution in [0.1, 0.15) is 25.2 Å². The van der Waals surface area contributed by atoms with Crippen molar-refractivity contribution in [2.45, 2.75) is 19.6 Å². The highest BCUT2D eigenvalue weighted by Crippen LogP contribution is 2.60. The van der Waals surface area contributed by atoms with Crippen LogP contribution in [0.5, 0.6) is 0 Å². The van der Waals surface area contributed by atoms with Gasteiger partial charge in [0.1, 0.15) is 5.78 Å². The van der Waals surface area contributed by atoms with Gasteiger partial charge in [-0.3, -0.25) is 4.57 Å². The molecule has 3 rings (SSSR count). The van der Waals surface area contributed by atoms with Crippen LogP contribution in [-0.2, 0) is 9.09 Å². The summed E-state index contributed by atoms with van der Waals surface area (Å²) >= 11 is 12.8.